The number of hydrogen-bond donors (Lipinski definition) is 1. The zero-order valence-corrected chi connectivity index (χ0v) is 23.8. The Morgan fingerprint density at radius 2 is 1.68 bits per heavy atom. The van der Waals surface area contributed by atoms with Crippen LogP contribution in [0.2, 0.25) is 0 Å². The van der Waals surface area contributed by atoms with Crippen LogP contribution in [0.5, 0.6) is 0 Å². The Morgan fingerprint density at radius 1 is 1.00 bits per heavy atom. The predicted octanol–water partition coefficient (Wildman–Crippen LogP) is 5.12. The lowest BCUT2D eigenvalue weighted by molar-refractivity contribution is -0.137. The number of fused-ring (bicyclic) bond motifs is 1. The number of hydrogen-bond acceptors (Lipinski definition) is 5. The smallest absolute Gasteiger partial charge is 0.333 e. The number of halogens is 3. The maximum atomic E-state index is 13.8. The van der Waals surface area contributed by atoms with E-state index in [4.69, 9.17) is 0 Å². The van der Waals surface area contributed by atoms with Crippen LogP contribution in [0.25, 0.3) is 16.9 Å². The van der Waals surface area contributed by atoms with E-state index in [0.717, 1.165) is 23.4 Å². The summed E-state index contributed by atoms with van der Waals surface area (Å²) in [7, 11) is 0. The van der Waals surface area contributed by atoms with E-state index >= 15 is 0 Å². The first-order chi connectivity index (χ1) is 19.0. The standard InChI is InChI=1S/C29H32F3N7O2/c1-17-13-22(35-34-17)25(40)37-11-12-38(28(5,6)16-37)26(41)23-15-39-24(33-23)20(27(2,3)4)14-21(36-39)18-7-9-19(10-8-18)29(30,31)32/h7-10,13-15H,11-12,16H2,1-6H3,(H,34,35). The first kappa shape index (κ1) is 28.3. The maximum absolute atomic E-state index is 13.8. The Bertz CT molecular complexity index is 1630. The molecule has 0 radical (unpaired) electrons. The molecular weight excluding hydrogens is 535 g/mol. The van der Waals surface area contributed by atoms with Crippen molar-refractivity contribution in [2.75, 3.05) is 19.6 Å². The molecule has 0 saturated carbocycles. The Morgan fingerprint density at radius 3 is 2.24 bits per heavy atom. The number of carbonyl (C=O) groups excluding carboxylic acids is 2. The van der Waals surface area contributed by atoms with Crippen molar-refractivity contribution < 1.29 is 22.8 Å². The molecular formula is C29H32F3N7O2. The van der Waals surface area contributed by atoms with Gasteiger partial charge in [0.1, 0.15) is 11.4 Å². The summed E-state index contributed by atoms with van der Waals surface area (Å²) in [6, 6.07) is 8.34. The fraction of sp³-hybridized carbons (Fsp3) is 0.414. The summed E-state index contributed by atoms with van der Waals surface area (Å²) in [6.45, 7) is 12.6. The van der Waals surface area contributed by atoms with Crippen LogP contribution in [0.15, 0.2) is 42.6 Å². The number of nitrogens with zero attached hydrogens (tertiary/aromatic N) is 6. The van der Waals surface area contributed by atoms with Crippen molar-refractivity contribution in [1.82, 2.24) is 34.6 Å². The summed E-state index contributed by atoms with van der Waals surface area (Å²) in [5, 5.41) is 11.4. The number of rotatable bonds is 3. The van der Waals surface area contributed by atoms with Gasteiger partial charge in [0, 0.05) is 30.8 Å². The summed E-state index contributed by atoms with van der Waals surface area (Å²) in [4.78, 5) is 34.9. The fourth-order valence-corrected chi connectivity index (χ4v) is 5.15. The van der Waals surface area contributed by atoms with E-state index in [1.165, 1.54) is 16.6 Å². The number of piperazine rings is 1. The Balaban J connectivity index is 1.46. The predicted molar refractivity (Wildman–Crippen MR) is 146 cm³/mol. The molecule has 0 spiro atoms. The van der Waals surface area contributed by atoms with E-state index in [1.807, 2.05) is 40.7 Å². The van der Waals surface area contributed by atoms with Crippen molar-refractivity contribution in [1.29, 1.82) is 0 Å². The number of H-pyrrole nitrogens is 1. The van der Waals surface area contributed by atoms with Crippen molar-refractivity contribution in [2.24, 2.45) is 0 Å². The number of nitrogens with one attached hydrogen (secondary N) is 1. The van der Waals surface area contributed by atoms with Gasteiger partial charge in [-0.05, 0) is 50.5 Å². The van der Waals surface area contributed by atoms with E-state index in [0.29, 0.717) is 42.2 Å². The molecule has 5 rings (SSSR count). The van der Waals surface area contributed by atoms with Crippen molar-refractivity contribution in [3.63, 3.8) is 0 Å². The molecule has 0 aliphatic carbocycles. The topological polar surface area (TPSA) is 99.5 Å². The third-order valence-electron chi connectivity index (χ3n) is 7.33. The van der Waals surface area contributed by atoms with E-state index in [9.17, 15) is 22.8 Å². The van der Waals surface area contributed by atoms with Gasteiger partial charge in [0.2, 0.25) is 0 Å². The molecule has 216 valence electrons. The summed E-state index contributed by atoms with van der Waals surface area (Å²) in [5.41, 5.74) is 1.79. The number of carbonyl (C=O) groups is 2. The summed E-state index contributed by atoms with van der Waals surface area (Å²) in [5.74, 6) is -0.464. The zero-order chi connectivity index (χ0) is 29.9. The van der Waals surface area contributed by atoms with Gasteiger partial charge in [-0.25, -0.2) is 9.50 Å². The van der Waals surface area contributed by atoms with E-state index in [1.54, 1.807) is 29.0 Å². The lowest BCUT2D eigenvalue weighted by Gasteiger charge is -2.46. The van der Waals surface area contributed by atoms with Crippen molar-refractivity contribution in [3.8, 4) is 11.3 Å². The molecule has 0 bridgehead atoms. The van der Waals surface area contributed by atoms with Crippen LogP contribution >= 0.6 is 0 Å². The number of aromatic amines is 1. The quantitative estimate of drug-likeness (QED) is 0.371. The number of alkyl halides is 3. The van der Waals surface area contributed by atoms with Crippen LogP contribution in [0, 0.1) is 6.92 Å². The van der Waals surface area contributed by atoms with E-state index in [2.05, 4.69) is 20.3 Å². The third-order valence-corrected chi connectivity index (χ3v) is 7.33. The van der Waals surface area contributed by atoms with Gasteiger partial charge in [-0.15, -0.1) is 0 Å². The van der Waals surface area contributed by atoms with Gasteiger partial charge < -0.3 is 9.80 Å². The number of aryl methyl sites for hydroxylation is 1. The zero-order valence-electron chi connectivity index (χ0n) is 23.8. The second-order valence-corrected chi connectivity index (χ2v) is 12.1. The van der Waals surface area contributed by atoms with Crippen molar-refractivity contribution in [3.05, 3.63) is 70.8 Å². The molecule has 12 heteroatoms. The molecule has 4 aromatic rings. The molecule has 1 N–H and O–H groups in total. The highest BCUT2D eigenvalue weighted by Gasteiger charge is 2.40. The minimum absolute atomic E-state index is 0.173. The van der Waals surface area contributed by atoms with E-state index in [-0.39, 0.29) is 17.5 Å². The van der Waals surface area contributed by atoms with Crippen LogP contribution in [0.4, 0.5) is 13.2 Å². The van der Waals surface area contributed by atoms with Gasteiger partial charge in [-0.3, -0.25) is 14.7 Å². The molecule has 1 aliphatic rings. The Hall–Kier alpha value is -4.22. The average Bonchev–Trinajstić information content (AvgIpc) is 3.52. The lowest BCUT2D eigenvalue weighted by Crippen LogP contribution is -2.62. The largest absolute Gasteiger partial charge is 0.416 e. The minimum Gasteiger partial charge on any atom is -0.333 e. The number of aromatic nitrogens is 5. The highest BCUT2D eigenvalue weighted by molar-refractivity contribution is 5.95. The molecule has 0 atom stereocenters. The van der Waals surface area contributed by atoms with Gasteiger partial charge in [0.15, 0.2) is 5.65 Å². The van der Waals surface area contributed by atoms with Crippen LogP contribution in [0.3, 0.4) is 0 Å². The van der Waals surface area contributed by atoms with Crippen LogP contribution in [-0.2, 0) is 11.6 Å². The monoisotopic (exact) mass is 567 g/mol. The van der Waals surface area contributed by atoms with Crippen molar-refractivity contribution in [2.45, 2.75) is 58.7 Å². The maximum Gasteiger partial charge on any atom is 0.416 e. The molecule has 3 aromatic heterocycles. The average molecular weight is 568 g/mol. The molecule has 2 amide bonds. The first-order valence-electron chi connectivity index (χ1n) is 13.3. The van der Waals surface area contributed by atoms with Gasteiger partial charge in [0.05, 0.1) is 28.7 Å². The Kier molecular flexibility index (Phi) is 6.70. The van der Waals surface area contributed by atoms with Gasteiger partial charge in [0.25, 0.3) is 11.8 Å². The van der Waals surface area contributed by atoms with Gasteiger partial charge in [-0.2, -0.15) is 23.4 Å². The minimum atomic E-state index is -4.43. The van der Waals surface area contributed by atoms with E-state index < -0.39 is 22.7 Å². The summed E-state index contributed by atoms with van der Waals surface area (Å²) in [6.07, 6.45) is -2.88. The van der Waals surface area contributed by atoms with Crippen molar-refractivity contribution >= 4 is 17.5 Å². The number of amides is 2. The first-order valence-corrected chi connectivity index (χ1v) is 13.3. The molecule has 41 heavy (non-hydrogen) atoms. The third kappa shape index (κ3) is 5.42. The van der Waals surface area contributed by atoms with Gasteiger partial charge in [-0.1, -0.05) is 32.9 Å². The van der Waals surface area contributed by atoms with Gasteiger partial charge >= 0.3 is 6.18 Å². The highest BCUT2D eigenvalue weighted by Crippen LogP contribution is 2.33. The van der Waals surface area contributed by atoms with Crippen LogP contribution < -0.4 is 0 Å². The molecule has 1 aromatic carbocycles. The molecule has 1 fully saturated rings. The highest BCUT2D eigenvalue weighted by atomic mass is 19.4. The normalized spacial score (nSPS) is 15.9. The lowest BCUT2D eigenvalue weighted by atomic mass is 9.87. The summed E-state index contributed by atoms with van der Waals surface area (Å²) < 4.78 is 40.8. The molecule has 4 heterocycles. The molecule has 1 aliphatic heterocycles. The molecule has 1 saturated heterocycles. The number of benzene rings is 1. The molecule has 9 nitrogen and oxygen atoms in total. The van der Waals surface area contributed by atoms with Crippen LogP contribution in [-0.4, -0.2) is 71.6 Å². The molecule has 0 unspecified atom stereocenters. The SMILES string of the molecule is Cc1cc(C(=O)N2CCN(C(=O)c3cn4nc(-c5ccc(C(F)(F)F)cc5)cc(C(C)(C)C)c4n3)C(C)(C)C2)[nH]n1. The van der Waals surface area contributed by atoms with Crippen LogP contribution in [0.1, 0.15) is 72.4 Å². The second kappa shape index (κ2) is 9.71. The summed E-state index contributed by atoms with van der Waals surface area (Å²) >= 11 is 0. The Labute approximate surface area is 235 Å². The second-order valence-electron chi connectivity index (χ2n) is 12.1. The fourth-order valence-electron chi connectivity index (χ4n) is 5.15. The number of imidazole rings is 1.